The van der Waals surface area contributed by atoms with Crippen molar-refractivity contribution in [2.24, 2.45) is 5.10 Å². The van der Waals surface area contributed by atoms with Crippen LogP contribution in [0.3, 0.4) is 0 Å². The summed E-state index contributed by atoms with van der Waals surface area (Å²) in [5.74, 6) is 1.03. The topological polar surface area (TPSA) is 192 Å². The predicted molar refractivity (Wildman–Crippen MR) is 187 cm³/mol. The number of nitrogens with one attached hydrogen (secondary N) is 3. The standard InChI is InChI=1S/C33H36IN5O10/c1-5-46-26-15-22(30-29(32(41)45-4)19(3)36-33(42)37-30)10-11-25(26)48-18-28(40)38-35-16-21-13-24(34)31(27(14-21)47-6-2)49-17-20-8-7-9-23(12-20)39(43)44/h7-16,28,30,38,40H,5-6,17-18H2,1-4H3,(H2,36,37,42)/b35-16-/t28-,30-/m1/s1. The van der Waals surface area contributed by atoms with Gasteiger partial charge in [0.1, 0.15) is 13.2 Å². The number of esters is 1. The van der Waals surface area contributed by atoms with Crippen LogP contribution in [0.2, 0.25) is 0 Å². The summed E-state index contributed by atoms with van der Waals surface area (Å²) >= 11 is 2.10. The molecule has 0 saturated heterocycles. The molecule has 0 bridgehead atoms. The van der Waals surface area contributed by atoms with E-state index in [1.165, 1.54) is 25.5 Å². The Morgan fingerprint density at radius 2 is 1.84 bits per heavy atom. The van der Waals surface area contributed by atoms with Gasteiger partial charge in [-0.15, -0.1) is 0 Å². The Morgan fingerprint density at radius 3 is 2.55 bits per heavy atom. The van der Waals surface area contributed by atoms with Crippen molar-refractivity contribution in [2.75, 3.05) is 26.9 Å². The summed E-state index contributed by atoms with van der Waals surface area (Å²) in [6.45, 7) is 5.84. The Morgan fingerprint density at radius 1 is 1.08 bits per heavy atom. The van der Waals surface area contributed by atoms with Crippen molar-refractivity contribution in [1.29, 1.82) is 0 Å². The SMILES string of the molecule is CCOc1cc([C@H]2NC(=O)NC(C)=C2C(=O)OC)ccc1OC[C@@H](O)N/N=C\c1cc(I)c(OCc2cccc([N+](=O)[O-])c2)c(OCC)c1. The fraction of sp³-hybridized carbons (Fsp3) is 0.303. The molecule has 16 heteroatoms. The summed E-state index contributed by atoms with van der Waals surface area (Å²) in [5.41, 5.74) is 5.08. The van der Waals surface area contributed by atoms with Crippen LogP contribution in [-0.4, -0.2) is 61.4 Å². The fourth-order valence-corrected chi connectivity index (χ4v) is 5.58. The third-order valence-electron chi connectivity index (χ3n) is 6.95. The zero-order valence-electron chi connectivity index (χ0n) is 27.2. The number of non-ortho nitro benzene ring substituents is 1. The summed E-state index contributed by atoms with van der Waals surface area (Å²) in [6.07, 6.45) is 0.300. The molecule has 1 heterocycles. The zero-order valence-corrected chi connectivity index (χ0v) is 29.3. The smallest absolute Gasteiger partial charge is 0.337 e. The Labute approximate surface area is 295 Å². The number of nitrogens with zero attached hydrogens (tertiary/aromatic N) is 2. The molecule has 0 saturated carbocycles. The minimum atomic E-state index is -1.20. The van der Waals surface area contributed by atoms with E-state index < -0.39 is 29.2 Å². The van der Waals surface area contributed by atoms with Gasteiger partial charge in [0.15, 0.2) is 29.2 Å². The maximum absolute atomic E-state index is 12.5. The van der Waals surface area contributed by atoms with Gasteiger partial charge in [-0.05, 0) is 84.3 Å². The number of nitro groups is 1. The molecule has 1 aliphatic rings. The van der Waals surface area contributed by atoms with Crippen molar-refractivity contribution in [2.45, 2.75) is 39.6 Å². The van der Waals surface area contributed by atoms with Crippen LogP contribution in [0.25, 0.3) is 0 Å². The van der Waals surface area contributed by atoms with E-state index in [-0.39, 0.29) is 24.5 Å². The van der Waals surface area contributed by atoms with E-state index in [2.05, 4.69) is 43.8 Å². The molecule has 4 rings (SSSR count). The summed E-state index contributed by atoms with van der Waals surface area (Å²) in [7, 11) is 1.26. The summed E-state index contributed by atoms with van der Waals surface area (Å²) in [4.78, 5) is 35.3. The molecule has 2 amide bonds. The Kier molecular flexibility index (Phi) is 13.0. The number of aliphatic hydroxyl groups excluding tert-OH is 1. The lowest BCUT2D eigenvalue weighted by molar-refractivity contribution is -0.384. The Bertz CT molecular complexity index is 1750. The van der Waals surface area contributed by atoms with Gasteiger partial charge in [0, 0.05) is 17.8 Å². The van der Waals surface area contributed by atoms with Gasteiger partial charge < -0.3 is 39.4 Å². The van der Waals surface area contributed by atoms with Crippen LogP contribution < -0.4 is 35.0 Å². The first-order valence-electron chi connectivity index (χ1n) is 15.1. The quantitative estimate of drug-likeness (QED) is 0.0393. The molecule has 0 aliphatic carbocycles. The molecular weight excluding hydrogens is 753 g/mol. The molecule has 2 atom stereocenters. The number of benzene rings is 3. The average molecular weight is 790 g/mol. The number of hydrogen-bond donors (Lipinski definition) is 4. The molecule has 3 aromatic rings. The molecule has 4 N–H and O–H groups in total. The van der Waals surface area contributed by atoms with Gasteiger partial charge in [0.2, 0.25) is 0 Å². The van der Waals surface area contributed by atoms with E-state index in [0.717, 1.165) is 3.57 Å². The maximum atomic E-state index is 12.5. The minimum absolute atomic E-state index is 0.0210. The summed E-state index contributed by atoms with van der Waals surface area (Å²) < 4.78 is 29.0. The summed E-state index contributed by atoms with van der Waals surface area (Å²) in [6, 6.07) is 13.5. The van der Waals surface area contributed by atoms with E-state index in [1.807, 2.05) is 13.0 Å². The molecule has 49 heavy (non-hydrogen) atoms. The lowest BCUT2D eigenvalue weighted by Gasteiger charge is -2.28. The predicted octanol–water partition coefficient (Wildman–Crippen LogP) is 4.70. The molecular formula is C33H36IN5O10. The van der Waals surface area contributed by atoms with Gasteiger partial charge in [0.25, 0.3) is 5.69 Å². The lowest BCUT2D eigenvalue weighted by atomic mass is 9.95. The Balaban J connectivity index is 1.40. The van der Waals surface area contributed by atoms with Gasteiger partial charge in [-0.25, -0.2) is 9.59 Å². The number of rotatable bonds is 16. The van der Waals surface area contributed by atoms with Crippen LogP contribution >= 0.6 is 22.6 Å². The number of hydrogen-bond acceptors (Lipinski definition) is 12. The summed E-state index contributed by atoms with van der Waals surface area (Å²) in [5, 5.41) is 31.1. The van der Waals surface area contributed by atoms with E-state index in [1.54, 1.807) is 50.2 Å². The molecule has 0 radical (unpaired) electrons. The van der Waals surface area contributed by atoms with Crippen LogP contribution in [0.1, 0.15) is 43.5 Å². The van der Waals surface area contributed by atoms with Gasteiger partial charge in [-0.3, -0.25) is 15.5 Å². The van der Waals surface area contributed by atoms with Gasteiger partial charge in [0.05, 0.1) is 46.6 Å². The highest BCUT2D eigenvalue weighted by Crippen LogP contribution is 2.36. The van der Waals surface area contributed by atoms with E-state index in [4.69, 9.17) is 23.7 Å². The Hall–Kier alpha value is -5.10. The number of aliphatic hydroxyl groups is 1. The number of hydrazone groups is 1. The minimum Gasteiger partial charge on any atom is -0.490 e. The average Bonchev–Trinajstić information content (AvgIpc) is 3.07. The van der Waals surface area contributed by atoms with Crippen molar-refractivity contribution in [3.05, 3.63) is 96.2 Å². The second-order valence-corrected chi connectivity index (χ2v) is 11.6. The van der Waals surface area contributed by atoms with Crippen molar-refractivity contribution in [3.8, 4) is 23.0 Å². The second kappa shape index (κ2) is 17.3. The van der Waals surface area contributed by atoms with Crippen molar-refractivity contribution < 1.29 is 43.3 Å². The number of ether oxygens (including phenoxy) is 5. The number of carbonyl (C=O) groups is 2. The van der Waals surface area contributed by atoms with Crippen LogP contribution in [-0.2, 0) is 16.1 Å². The number of halogens is 1. The number of urea groups is 1. The van der Waals surface area contributed by atoms with Gasteiger partial charge in [-0.1, -0.05) is 18.2 Å². The third-order valence-corrected chi connectivity index (χ3v) is 7.75. The highest BCUT2D eigenvalue weighted by molar-refractivity contribution is 14.1. The number of nitro benzene ring substituents is 1. The molecule has 260 valence electrons. The van der Waals surface area contributed by atoms with Crippen molar-refractivity contribution in [1.82, 2.24) is 16.1 Å². The third kappa shape index (κ3) is 9.73. The highest BCUT2D eigenvalue weighted by Gasteiger charge is 2.32. The fourth-order valence-electron chi connectivity index (χ4n) is 4.80. The van der Waals surface area contributed by atoms with Crippen LogP contribution in [0, 0.1) is 13.7 Å². The molecule has 3 aromatic carbocycles. The lowest BCUT2D eigenvalue weighted by Crippen LogP contribution is -2.45. The number of carbonyl (C=O) groups excluding carboxylic acids is 2. The molecule has 15 nitrogen and oxygen atoms in total. The van der Waals surface area contributed by atoms with Crippen molar-refractivity contribution in [3.63, 3.8) is 0 Å². The first-order chi connectivity index (χ1) is 23.5. The van der Waals surface area contributed by atoms with E-state index in [9.17, 15) is 24.8 Å². The molecule has 0 fully saturated rings. The molecule has 0 aromatic heterocycles. The van der Waals surface area contributed by atoms with Crippen LogP contribution in [0.15, 0.2) is 71.0 Å². The maximum Gasteiger partial charge on any atom is 0.337 e. The first kappa shape index (κ1) is 36.7. The molecule has 0 spiro atoms. The van der Waals surface area contributed by atoms with E-state index in [0.29, 0.717) is 58.6 Å². The number of allylic oxidation sites excluding steroid dienone is 1. The number of amides is 2. The zero-order chi connectivity index (χ0) is 35.5. The van der Waals surface area contributed by atoms with Crippen molar-refractivity contribution >= 4 is 46.5 Å². The van der Waals surface area contributed by atoms with Gasteiger partial charge in [-0.2, -0.15) is 5.10 Å². The molecule has 0 unspecified atom stereocenters. The molecule has 1 aliphatic heterocycles. The van der Waals surface area contributed by atoms with Gasteiger partial charge >= 0.3 is 12.0 Å². The first-order valence-corrected chi connectivity index (χ1v) is 16.2. The largest absolute Gasteiger partial charge is 0.490 e. The number of methoxy groups -OCH3 is 1. The van der Waals surface area contributed by atoms with Crippen LogP contribution in [0.4, 0.5) is 10.5 Å². The monoisotopic (exact) mass is 789 g/mol. The highest BCUT2D eigenvalue weighted by atomic mass is 127. The normalized spacial score (nSPS) is 14.8. The second-order valence-electron chi connectivity index (χ2n) is 10.4. The van der Waals surface area contributed by atoms with Crippen LogP contribution in [0.5, 0.6) is 23.0 Å². The van der Waals surface area contributed by atoms with E-state index >= 15 is 0 Å².